The normalized spacial score (nSPS) is 17.4. The van der Waals surface area contributed by atoms with Crippen LogP contribution >= 0.6 is 11.3 Å². The molecule has 7 nitrogen and oxygen atoms in total. The van der Waals surface area contributed by atoms with Crippen LogP contribution in [0, 0.1) is 5.92 Å². The average molecular weight is 399 g/mol. The molecule has 148 valence electrons. The number of nitrogens with zero attached hydrogens (tertiary/aromatic N) is 5. The fourth-order valence-corrected chi connectivity index (χ4v) is 4.46. The number of carbonyl (C=O) groups is 1. The molecule has 1 amide bonds. The summed E-state index contributed by atoms with van der Waals surface area (Å²) in [5, 5.41) is 12.8. The minimum absolute atomic E-state index is 0.0234. The minimum Gasteiger partial charge on any atom is -0.341 e. The predicted octanol–water partition coefficient (Wildman–Crippen LogP) is 3.89. The van der Waals surface area contributed by atoms with Gasteiger partial charge in [0.15, 0.2) is 0 Å². The largest absolute Gasteiger partial charge is 0.341 e. The predicted molar refractivity (Wildman–Crippen MR) is 113 cm³/mol. The molecule has 1 N–H and O–H groups in total. The van der Waals surface area contributed by atoms with Gasteiger partial charge in [-0.3, -0.25) is 4.79 Å². The van der Waals surface area contributed by atoms with Crippen LogP contribution in [0.15, 0.2) is 24.3 Å². The third-order valence-electron chi connectivity index (χ3n) is 5.19. The molecule has 0 radical (unpaired) electrons. The Morgan fingerprint density at radius 3 is 2.89 bits per heavy atom. The van der Waals surface area contributed by atoms with Crippen molar-refractivity contribution in [2.75, 3.05) is 23.3 Å². The molecule has 28 heavy (non-hydrogen) atoms. The number of aromatic nitrogens is 4. The number of benzene rings is 1. The smallest absolute Gasteiger partial charge is 0.231 e. The number of aryl methyl sites for hydroxylation is 1. The second-order valence-electron chi connectivity index (χ2n) is 7.52. The van der Waals surface area contributed by atoms with Crippen molar-refractivity contribution in [2.24, 2.45) is 5.92 Å². The standard InChI is InChI=1S/C20H26N6OS/c1-4-26-16-10-6-5-9-15(16)21-20(26)25-11-7-8-14(12-25)17(27)22-19-24-23-18(28-19)13(2)3/h5-6,9-10,13-14H,4,7-8,11-12H2,1-3H3,(H,22,24,27). The van der Waals surface area contributed by atoms with Crippen LogP contribution in [0.1, 0.15) is 44.5 Å². The van der Waals surface area contributed by atoms with Gasteiger partial charge in [-0.1, -0.05) is 37.3 Å². The maximum Gasteiger partial charge on any atom is 0.231 e. The summed E-state index contributed by atoms with van der Waals surface area (Å²) in [6.45, 7) is 8.73. The highest BCUT2D eigenvalue weighted by Gasteiger charge is 2.29. The zero-order valence-electron chi connectivity index (χ0n) is 16.6. The first-order chi connectivity index (χ1) is 13.6. The van der Waals surface area contributed by atoms with Gasteiger partial charge in [0.25, 0.3) is 0 Å². The fourth-order valence-electron chi connectivity index (χ4n) is 3.71. The summed E-state index contributed by atoms with van der Waals surface area (Å²) in [5.74, 6) is 1.22. The third-order valence-corrected chi connectivity index (χ3v) is 6.33. The molecule has 0 aliphatic carbocycles. The molecule has 1 aliphatic heterocycles. The number of para-hydroxylation sites is 2. The van der Waals surface area contributed by atoms with Gasteiger partial charge in [0, 0.05) is 25.6 Å². The Morgan fingerprint density at radius 1 is 1.32 bits per heavy atom. The van der Waals surface area contributed by atoms with Crippen molar-refractivity contribution in [3.8, 4) is 0 Å². The lowest BCUT2D eigenvalue weighted by Crippen LogP contribution is -2.41. The molecule has 1 unspecified atom stereocenters. The number of rotatable bonds is 5. The summed E-state index contributed by atoms with van der Waals surface area (Å²) in [6, 6.07) is 8.20. The van der Waals surface area contributed by atoms with E-state index in [-0.39, 0.29) is 11.8 Å². The Morgan fingerprint density at radius 2 is 2.14 bits per heavy atom. The molecule has 3 aromatic rings. The Balaban J connectivity index is 1.50. The lowest BCUT2D eigenvalue weighted by Gasteiger charge is -2.32. The van der Waals surface area contributed by atoms with Gasteiger partial charge in [0.05, 0.1) is 17.0 Å². The van der Waals surface area contributed by atoms with E-state index in [1.165, 1.54) is 11.3 Å². The van der Waals surface area contributed by atoms with Crippen molar-refractivity contribution in [3.63, 3.8) is 0 Å². The molecule has 1 atom stereocenters. The van der Waals surface area contributed by atoms with E-state index >= 15 is 0 Å². The summed E-state index contributed by atoms with van der Waals surface area (Å²) >= 11 is 1.46. The number of nitrogens with one attached hydrogen (secondary N) is 1. The van der Waals surface area contributed by atoms with Crippen molar-refractivity contribution in [3.05, 3.63) is 29.3 Å². The van der Waals surface area contributed by atoms with Gasteiger partial charge in [-0.2, -0.15) is 0 Å². The van der Waals surface area contributed by atoms with Gasteiger partial charge >= 0.3 is 0 Å². The van der Waals surface area contributed by atoms with E-state index < -0.39 is 0 Å². The second-order valence-corrected chi connectivity index (χ2v) is 8.53. The number of hydrogen-bond donors (Lipinski definition) is 1. The molecule has 2 aromatic heterocycles. The van der Waals surface area contributed by atoms with E-state index in [1.807, 2.05) is 18.2 Å². The van der Waals surface area contributed by atoms with Crippen LogP contribution in [0.5, 0.6) is 0 Å². The van der Waals surface area contributed by atoms with Gasteiger partial charge < -0.3 is 14.8 Å². The van der Waals surface area contributed by atoms with Crippen LogP contribution in [0.4, 0.5) is 11.1 Å². The molecule has 0 bridgehead atoms. The molecule has 4 rings (SSSR count). The van der Waals surface area contributed by atoms with Crippen molar-refractivity contribution in [1.82, 2.24) is 19.7 Å². The fraction of sp³-hybridized carbons (Fsp3) is 0.500. The number of piperidine rings is 1. The van der Waals surface area contributed by atoms with E-state index in [1.54, 1.807) is 0 Å². The van der Waals surface area contributed by atoms with E-state index in [0.717, 1.165) is 47.9 Å². The van der Waals surface area contributed by atoms with E-state index in [4.69, 9.17) is 4.98 Å². The average Bonchev–Trinajstić information content (AvgIpc) is 3.32. The van der Waals surface area contributed by atoms with Gasteiger partial charge in [-0.15, -0.1) is 10.2 Å². The van der Waals surface area contributed by atoms with Crippen molar-refractivity contribution in [2.45, 2.75) is 46.1 Å². The number of imidazole rings is 1. The molecular weight excluding hydrogens is 372 g/mol. The van der Waals surface area contributed by atoms with Crippen LogP contribution in [0.25, 0.3) is 11.0 Å². The minimum atomic E-state index is -0.0785. The Hall–Kier alpha value is -2.48. The van der Waals surface area contributed by atoms with Crippen LogP contribution in [0.2, 0.25) is 0 Å². The first-order valence-electron chi connectivity index (χ1n) is 9.91. The van der Waals surface area contributed by atoms with Gasteiger partial charge in [-0.05, 0) is 31.9 Å². The van der Waals surface area contributed by atoms with E-state index in [0.29, 0.717) is 17.6 Å². The van der Waals surface area contributed by atoms with E-state index in [2.05, 4.69) is 51.8 Å². The number of anilines is 2. The summed E-state index contributed by atoms with van der Waals surface area (Å²) in [4.78, 5) is 19.9. The zero-order chi connectivity index (χ0) is 19.7. The maximum absolute atomic E-state index is 12.8. The van der Waals surface area contributed by atoms with Gasteiger partial charge in [0.2, 0.25) is 17.0 Å². The van der Waals surface area contributed by atoms with Crippen molar-refractivity contribution >= 4 is 39.4 Å². The Labute approximate surface area is 168 Å². The highest BCUT2D eigenvalue weighted by molar-refractivity contribution is 7.15. The second kappa shape index (κ2) is 7.87. The van der Waals surface area contributed by atoms with Crippen molar-refractivity contribution in [1.29, 1.82) is 0 Å². The van der Waals surface area contributed by atoms with Crippen molar-refractivity contribution < 1.29 is 4.79 Å². The maximum atomic E-state index is 12.8. The number of hydrogen-bond acceptors (Lipinski definition) is 6. The molecular formula is C20H26N6OS. The van der Waals surface area contributed by atoms with Crippen LogP contribution in [-0.4, -0.2) is 38.7 Å². The number of carbonyl (C=O) groups excluding carboxylic acids is 1. The Bertz CT molecular complexity index is 978. The highest BCUT2D eigenvalue weighted by atomic mass is 32.1. The zero-order valence-corrected chi connectivity index (χ0v) is 17.4. The molecule has 1 saturated heterocycles. The Kier molecular flexibility index (Phi) is 5.30. The van der Waals surface area contributed by atoms with Crippen LogP contribution < -0.4 is 10.2 Å². The SMILES string of the molecule is CCn1c(N2CCCC(C(=O)Nc3nnc(C(C)C)s3)C2)nc2ccccc21. The molecule has 8 heteroatoms. The molecule has 0 saturated carbocycles. The van der Waals surface area contributed by atoms with Gasteiger partial charge in [0.1, 0.15) is 5.01 Å². The summed E-state index contributed by atoms with van der Waals surface area (Å²) in [7, 11) is 0. The topological polar surface area (TPSA) is 75.9 Å². The molecule has 1 fully saturated rings. The molecule has 1 aliphatic rings. The lowest BCUT2D eigenvalue weighted by atomic mass is 9.97. The monoisotopic (exact) mass is 398 g/mol. The highest BCUT2D eigenvalue weighted by Crippen LogP contribution is 2.28. The van der Waals surface area contributed by atoms with Gasteiger partial charge in [-0.25, -0.2) is 4.98 Å². The summed E-state index contributed by atoms with van der Waals surface area (Å²) in [5.41, 5.74) is 2.14. The van der Waals surface area contributed by atoms with Crippen LogP contribution in [0.3, 0.4) is 0 Å². The summed E-state index contributed by atoms with van der Waals surface area (Å²) in [6.07, 6.45) is 1.85. The lowest BCUT2D eigenvalue weighted by molar-refractivity contribution is -0.120. The quantitative estimate of drug-likeness (QED) is 0.706. The first-order valence-corrected chi connectivity index (χ1v) is 10.7. The third kappa shape index (κ3) is 3.61. The number of amides is 1. The molecule has 1 aromatic carbocycles. The summed E-state index contributed by atoms with van der Waals surface area (Å²) < 4.78 is 2.23. The van der Waals surface area contributed by atoms with E-state index in [9.17, 15) is 4.79 Å². The number of fused-ring (bicyclic) bond motifs is 1. The van der Waals surface area contributed by atoms with Crippen LogP contribution in [-0.2, 0) is 11.3 Å². The molecule has 3 heterocycles. The molecule has 0 spiro atoms. The first kappa shape index (κ1) is 18.9.